The number of furan rings is 1. The number of benzene rings is 8. The van der Waals surface area contributed by atoms with Crippen molar-refractivity contribution in [2.45, 2.75) is 0 Å². The van der Waals surface area contributed by atoms with E-state index in [0.29, 0.717) is 5.71 Å². The second kappa shape index (κ2) is 12.4. The monoisotopic (exact) mass is 664 g/mol. The van der Waals surface area contributed by atoms with Gasteiger partial charge in [-0.1, -0.05) is 127 Å². The molecule has 0 amide bonds. The Hall–Kier alpha value is -6.97. The van der Waals surface area contributed by atoms with Crippen LogP contribution in [0.4, 0.5) is 17.1 Å². The van der Waals surface area contributed by atoms with E-state index in [1.54, 1.807) is 6.20 Å². The van der Waals surface area contributed by atoms with Crippen molar-refractivity contribution in [1.29, 1.82) is 0 Å². The molecular weight excluding hydrogens is 633 g/mol. The molecular formula is C49H32N2O. The SMILES string of the molecule is c1ccc(-c2ccc(N(c3ccc(-c4cc5ccccc5c5ccccc45)cc3)c3ccc(-c4cccc5oc6ncccc6c45)cc3)cc2)cc1. The fourth-order valence-corrected chi connectivity index (χ4v) is 7.66. The molecule has 244 valence electrons. The minimum Gasteiger partial charge on any atom is -0.438 e. The number of aromatic nitrogens is 1. The molecule has 0 saturated carbocycles. The maximum absolute atomic E-state index is 6.10. The highest BCUT2D eigenvalue weighted by molar-refractivity contribution is 6.14. The normalized spacial score (nSPS) is 11.5. The second-order valence-electron chi connectivity index (χ2n) is 13.2. The minimum atomic E-state index is 0.659. The highest BCUT2D eigenvalue weighted by atomic mass is 16.3. The molecule has 3 nitrogen and oxygen atoms in total. The summed E-state index contributed by atoms with van der Waals surface area (Å²) in [7, 11) is 0. The molecule has 10 aromatic rings. The Kier molecular flexibility index (Phi) is 7.14. The number of hydrogen-bond acceptors (Lipinski definition) is 3. The van der Waals surface area contributed by atoms with Gasteiger partial charge >= 0.3 is 0 Å². The van der Waals surface area contributed by atoms with Crippen LogP contribution in [0.15, 0.2) is 199 Å². The average Bonchev–Trinajstić information content (AvgIpc) is 3.61. The highest BCUT2D eigenvalue weighted by Gasteiger charge is 2.17. The first-order valence-corrected chi connectivity index (χ1v) is 17.6. The summed E-state index contributed by atoms with van der Waals surface area (Å²) in [6, 6.07) is 67.2. The smallest absolute Gasteiger partial charge is 0.227 e. The molecule has 8 aromatic carbocycles. The molecule has 52 heavy (non-hydrogen) atoms. The summed E-state index contributed by atoms with van der Waals surface area (Å²) in [5.74, 6) is 0. The first kappa shape index (κ1) is 29.9. The lowest BCUT2D eigenvalue weighted by molar-refractivity contribution is 0.654. The molecule has 0 fully saturated rings. The molecule has 0 aliphatic carbocycles. The van der Waals surface area contributed by atoms with E-state index in [0.717, 1.165) is 44.5 Å². The van der Waals surface area contributed by atoms with Gasteiger partial charge in [0.2, 0.25) is 5.71 Å². The van der Waals surface area contributed by atoms with Crippen molar-refractivity contribution in [2.24, 2.45) is 0 Å². The lowest BCUT2D eigenvalue weighted by Gasteiger charge is -2.26. The fourth-order valence-electron chi connectivity index (χ4n) is 7.66. The molecule has 0 radical (unpaired) electrons. The molecule has 0 aliphatic rings. The maximum Gasteiger partial charge on any atom is 0.227 e. The van der Waals surface area contributed by atoms with E-state index >= 15 is 0 Å². The summed E-state index contributed by atoms with van der Waals surface area (Å²) in [6.07, 6.45) is 1.77. The molecule has 0 unspecified atom stereocenters. The van der Waals surface area contributed by atoms with E-state index in [1.165, 1.54) is 43.8 Å². The van der Waals surface area contributed by atoms with Crippen molar-refractivity contribution in [2.75, 3.05) is 4.90 Å². The summed E-state index contributed by atoms with van der Waals surface area (Å²) in [5.41, 5.74) is 11.8. The number of pyridine rings is 1. The van der Waals surface area contributed by atoms with Gasteiger partial charge in [-0.3, -0.25) is 0 Å². The van der Waals surface area contributed by atoms with E-state index in [9.17, 15) is 0 Å². The Bertz CT molecular complexity index is 2870. The Labute approximate surface area is 301 Å². The Morgan fingerprint density at radius 2 is 0.942 bits per heavy atom. The van der Waals surface area contributed by atoms with Crippen LogP contribution >= 0.6 is 0 Å². The van der Waals surface area contributed by atoms with Gasteiger partial charge in [0.1, 0.15) is 5.58 Å². The van der Waals surface area contributed by atoms with Gasteiger partial charge in [-0.25, -0.2) is 4.98 Å². The van der Waals surface area contributed by atoms with E-state index in [-0.39, 0.29) is 0 Å². The molecule has 0 spiro atoms. The predicted molar refractivity (Wildman–Crippen MR) is 218 cm³/mol. The van der Waals surface area contributed by atoms with Gasteiger partial charge < -0.3 is 9.32 Å². The highest BCUT2D eigenvalue weighted by Crippen LogP contribution is 2.41. The van der Waals surface area contributed by atoms with Crippen LogP contribution in [-0.2, 0) is 0 Å². The third kappa shape index (κ3) is 5.10. The van der Waals surface area contributed by atoms with Gasteiger partial charge in [-0.15, -0.1) is 0 Å². The molecule has 2 aromatic heterocycles. The quantitative estimate of drug-likeness (QED) is 0.166. The molecule has 0 aliphatic heterocycles. The minimum absolute atomic E-state index is 0.659. The lowest BCUT2D eigenvalue weighted by Crippen LogP contribution is -2.09. The topological polar surface area (TPSA) is 29.3 Å². The number of rotatable bonds is 6. The fraction of sp³-hybridized carbons (Fsp3) is 0. The first-order chi connectivity index (χ1) is 25.8. The Balaban J connectivity index is 1.07. The summed E-state index contributed by atoms with van der Waals surface area (Å²) < 4.78 is 6.10. The van der Waals surface area contributed by atoms with E-state index in [1.807, 2.05) is 12.1 Å². The molecule has 2 heterocycles. The summed E-state index contributed by atoms with van der Waals surface area (Å²) >= 11 is 0. The van der Waals surface area contributed by atoms with Crippen molar-refractivity contribution >= 4 is 60.7 Å². The summed E-state index contributed by atoms with van der Waals surface area (Å²) in [4.78, 5) is 6.80. The summed E-state index contributed by atoms with van der Waals surface area (Å²) in [6.45, 7) is 0. The second-order valence-corrected chi connectivity index (χ2v) is 13.2. The number of hydrogen-bond donors (Lipinski definition) is 0. The van der Waals surface area contributed by atoms with E-state index in [4.69, 9.17) is 4.42 Å². The van der Waals surface area contributed by atoms with Crippen LogP contribution < -0.4 is 4.90 Å². The number of fused-ring (bicyclic) bond motifs is 6. The zero-order valence-corrected chi connectivity index (χ0v) is 28.3. The molecule has 0 atom stereocenters. The maximum atomic E-state index is 6.10. The van der Waals surface area contributed by atoms with Crippen LogP contribution in [0.1, 0.15) is 0 Å². The van der Waals surface area contributed by atoms with Crippen LogP contribution in [0.3, 0.4) is 0 Å². The van der Waals surface area contributed by atoms with Crippen molar-refractivity contribution < 1.29 is 4.42 Å². The van der Waals surface area contributed by atoms with Crippen molar-refractivity contribution in [3.8, 4) is 33.4 Å². The van der Waals surface area contributed by atoms with Gasteiger partial charge in [0.15, 0.2) is 0 Å². The first-order valence-electron chi connectivity index (χ1n) is 17.6. The van der Waals surface area contributed by atoms with Crippen LogP contribution in [-0.4, -0.2) is 4.98 Å². The molecule has 0 N–H and O–H groups in total. The van der Waals surface area contributed by atoms with Crippen LogP contribution in [0, 0.1) is 0 Å². The third-order valence-corrected chi connectivity index (χ3v) is 10.1. The Morgan fingerprint density at radius 1 is 0.385 bits per heavy atom. The van der Waals surface area contributed by atoms with Crippen molar-refractivity contribution in [3.63, 3.8) is 0 Å². The lowest BCUT2D eigenvalue weighted by atomic mass is 9.93. The van der Waals surface area contributed by atoms with E-state index < -0.39 is 0 Å². The van der Waals surface area contributed by atoms with Crippen molar-refractivity contribution in [3.05, 3.63) is 194 Å². The van der Waals surface area contributed by atoms with Gasteiger partial charge in [0.25, 0.3) is 0 Å². The Morgan fingerprint density at radius 3 is 1.65 bits per heavy atom. The van der Waals surface area contributed by atoms with Crippen LogP contribution in [0.2, 0.25) is 0 Å². The largest absolute Gasteiger partial charge is 0.438 e. The van der Waals surface area contributed by atoms with Crippen LogP contribution in [0.25, 0.3) is 77.0 Å². The average molecular weight is 665 g/mol. The molecule has 3 heteroatoms. The standard InChI is InChI=1S/C49H32N2O/c1-2-10-33(11-3-1)34-19-25-38(26-20-34)51(39-27-21-35(22-28-39)42-16-8-18-47-48(42)45-17-9-31-50-49(45)52-47)40-29-23-36(24-30-40)46-32-37-12-4-5-13-41(37)43-14-6-7-15-44(43)46/h1-32H. The van der Waals surface area contributed by atoms with Gasteiger partial charge in [-0.05, 0) is 116 Å². The zero-order chi connectivity index (χ0) is 34.4. The molecule has 0 bridgehead atoms. The van der Waals surface area contributed by atoms with Gasteiger partial charge in [0, 0.05) is 34.0 Å². The number of anilines is 3. The van der Waals surface area contributed by atoms with Crippen LogP contribution in [0.5, 0.6) is 0 Å². The van der Waals surface area contributed by atoms with Crippen molar-refractivity contribution in [1.82, 2.24) is 4.98 Å². The number of nitrogens with zero attached hydrogens (tertiary/aromatic N) is 2. The van der Waals surface area contributed by atoms with Gasteiger partial charge in [-0.2, -0.15) is 0 Å². The van der Waals surface area contributed by atoms with Gasteiger partial charge in [0.05, 0.1) is 0 Å². The summed E-state index contributed by atoms with van der Waals surface area (Å²) in [5, 5.41) is 7.17. The zero-order valence-electron chi connectivity index (χ0n) is 28.3. The molecule has 0 saturated heterocycles. The predicted octanol–water partition coefficient (Wildman–Crippen LogP) is 13.8. The third-order valence-electron chi connectivity index (χ3n) is 10.1. The van der Waals surface area contributed by atoms with E-state index in [2.05, 4.69) is 186 Å². The molecule has 10 rings (SSSR count).